The predicted molar refractivity (Wildman–Crippen MR) is 78.0 cm³/mol. The Balaban J connectivity index is 1.69. The van der Waals surface area contributed by atoms with Crippen molar-refractivity contribution in [1.29, 1.82) is 0 Å². The summed E-state index contributed by atoms with van der Waals surface area (Å²) >= 11 is 12.0. The normalized spacial score (nSPS) is 21.2. The van der Waals surface area contributed by atoms with Gasteiger partial charge in [0.1, 0.15) is 5.82 Å². The number of hydrogen-bond acceptors (Lipinski definition) is 3. The largest absolute Gasteiger partial charge is 0.365 e. The molecule has 5 heteroatoms. The molecule has 1 aliphatic carbocycles. The molecule has 3 rings (SSSR count). The van der Waals surface area contributed by atoms with Gasteiger partial charge >= 0.3 is 0 Å². The van der Waals surface area contributed by atoms with Gasteiger partial charge in [0.15, 0.2) is 0 Å². The molecule has 0 amide bonds. The summed E-state index contributed by atoms with van der Waals surface area (Å²) in [6.07, 6.45) is 4.57. The van der Waals surface area contributed by atoms with Gasteiger partial charge < -0.3 is 5.32 Å². The number of hydrogen-bond donors (Lipinski definition) is 1. The van der Waals surface area contributed by atoms with Crippen molar-refractivity contribution in [1.82, 2.24) is 9.97 Å². The Morgan fingerprint density at radius 3 is 2.79 bits per heavy atom. The minimum atomic E-state index is 0.397. The Morgan fingerprint density at radius 1 is 1.21 bits per heavy atom. The van der Waals surface area contributed by atoms with Crippen LogP contribution in [0.25, 0.3) is 0 Å². The molecule has 2 unspecified atom stereocenters. The molecule has 0 aliphatic heterocycles. The van der Waals surface area contributed by atoms with Gasteiger partial charge in [-0.2, -0.15) is 0 Å². The lowest BCUT2D eigenvalue weighted by atomic mass is 10.1. The summed E-state index contributed by atoms with van der Waals surface area (Å²) in [4.78, 5) is 8.52. The number of nitrogens with zero attached hydrogens (tertiary/aromatic N) is 2. The molecule has 2 aromatic rings. The van der Waals surface area contributed by atoms with Crippen LogP contribution in [0.5, 0.6) is 0 Å². The number of halogens is 2. The van der Waals surface area contributed by atoms with Gasteiger partial charge in [-0.25, -0.2) is 4.98 Å². The fourth-order valence-corrected chi connectivity index (χ4v) is 2.50. The van der Waals surface area contributed by atoms with Crippen LogP contribution in [0.1, 0.15) is 23.6 Å². The molecule has 1 aliphatic rings. The fraction of sp³-hybridized carbons (Fsp3) is 0.286. The first-order valence-electron chi connectivity index (χ1n) is 6.13. The number of rotatable bonds is 3. The predicted octanol–water partition coefficient (Wildman–Crippen LogP) is 4.06. The lowest BCUT2D eigenvalue weighted by Gasteiger charge is -2.06. The topological polar surface area (TPSA) is 37.8 Å². The second kappa shape index (κ2) is 4.99. The van der Waals surface area contributed by atoms with E-state index in [4.69, 9.17) is 23.2 Å². The third-order valence-corrected chi connectivity index (χ3v) is 3.99. The van der Waals surface area contributed by atoms with Gasteiger partial charge in [-0.3, -0.25) is 4.98 Å². The summed E-state index contributed by atoms with van der Waals surface area (Å²) in [5.41, 5.74) is 2.13. The van der Waals surface area contributed by atoms with Crippen LogP contribution in [-0.4, -0.2) is 16.0 Å². The zero-order valence-corrected chi connectivity index (χ0v) is 11.9. The molecule has 1 N–H and O–H groups in total. The fourth-order valence-electron chi connectivity index (χ4n) is 2.19. The first-order valence-corrected chi connectivity index (χ1v) is 6.89. The maximum atomic E-state index is 6.04. The van der Waals surface area contributed by atoms with Crippen molar-refractivity contribution >= 4 is 29.0 Å². The molecule has 1 heterocycles. The summed E-state index contributed by atoms with van der Waals surface area (Å²) in [7, 11) is 0. The second-order valence-corrected chi connectivity index (χ2v) is 5.63. The van der Waals surface area contributed by atoms with E-state index in [1.807, 2.05) is 25.1 Å². The van der Waals surface area contributed by atoms with Crippen molar-refractivity contribution in [3.63, 3.8) is 0 Å². The van der Waals surface area contributed by atoms with Crippen LogP contribution in [0.3, 0.4) is 0 Å². The van der Waals surface area contributed by atoms with Gasteiger partial charge in [0, 0.05) is 18.2 Å². The monoisotopic (exact) mass is 293 g/mol. The molecule has 0 spiro atoms. The number of aryl methyl sites for hydroxylation is 1. The molecule has 1 aromatic heterocycles. The summed E-state index contributed by atoms with van der Waals surface area (Å²) in [5, 5.41) is 4.60. The van der Waals surface area contributed by atoms with E-state index in [0.717, 1.165) is 17.9 Å². The van der Waals surface area contributed by atoms with Crippen LogP contribution in [0.15, 0.2) is 30.6 Å². The third kappa shape index (κ3) is 2.82. The van der Waals surface area contributed by atoms with Gasteiger partial charge in [-0.1, -0.05) is 29.3 Å². The van der Waals surface area contributed by atoms with Gasteiger partial charge in [0.2, 0.25) is 0 Å². The smallest absolute Gasteiger partial charge is 0.145 e. The highest BCUT2D eigenvalue weighted by molar-refractivity contribution is 6.42. The molecular weight excluding hydrogens is 281 g/mol. The SMILES string of the molecule is Cc1cncc(NC2CC2c2ccc(Cl)c(Cl)c2)n1. The average molecular weight is 294 g/mol. The van der Waals surface area contributed by atoms with Crippen LogP contribution >= 0.6 is 23.2 Å². The Kier molecular flexibility index (Phi) is 3.33. The third-order valence-electron chi connectivity index (χ3n) is 3.25. The standard InChI is InChI=1S/C14H13Cl2N3/c1-8-6-17-7-14(18-8)19-13-5-10(13)9-2-3-11(15)12(16)4-9/h2-4,6-7,10,13H,5H2,1H3,(H,18,19). The van der Waals surface area contributed by atoms with Gasteiger partial charge in [0.05, 0.1) is 21.9 Å². The van der Waals surface area contributed by atoms with Crippen LogP contribution in [0.2, 0.25) is 10.0 Å². The molecule has 98 valence electrons. The summed E-state index contributed by atoms with van der Waals surface area (Å²) in [6, 6.07) is 6.22. The Labute approximate surface area is 122 Å². The van der Waals surface area contributed by atoms with Gasteiger partial charge in [-0.15, -0.1) is 0 Å². The quantitative estimate of drug-likeness (QED) is 0.927. The van der Waals surface area contributed by atoms with E-state index in [-0.39, 0.29) is 0 Å². The van der Waals surface area contributed by atoms with E-state index in [9.17, 15) is 0 Å². The van der Waals surface area contributed by atoms with Crippen molar-refractivity contribution in [2.75, 3.05) is 5.32 Å². The van der Waals surface area contributed by atoms with Crippen molar-refractivity contribution in [2.24, 2.45) is 0 Å². The Hall–Kier alpha value is -1.32. The first kappa shape index (κ1) is 12.7. The molecule has 19 heavy (non-hydrogen) atoms. The van der Waals surface area contributed by atoms with Gasteiger partial charge in [0.25, 0.3) is 0 Å². The second-order valence-electron chi connectivity index (χ2n) is 4.81. The van der Waals surface area contributed by atoms with E-state index in [1.165, 1.54) is 5.56 Å². The van der Waals surface area contributed by atoms with Crippen LogP contribution < -0.4 is 5.32 Å². The van der Waals surface area contributed by atoms with Crippen molar-refractivity contribution in [3.8, 4) is 0 Å². The molecule has 0 radical (unpaired) electrons. The molecular formula is C14H13Cl2N3. The van der Waals surface area contributed by atoms with Gasteiger partial charge in [-0.05, 0) is 31.0 Å². The maximum Gasteiger partial charge on any atom is 0.145 e. The minimum Gasteiger partial charge on any atom is -0.365 e. The maximum absolute atomic E-state index is 6.04. The molecule has 0 bridgehead atoms. The Morgan fingerprint density at radius 2 is 2.05 bits per heavy atom. The average Bonchev–Trinajstić information content (AvgIpc) is 3.12. The van der Waals surface area contributed by atoms with E-state index in [1.54, 1.807) is 12.4 Å². The number of aromatic nitrogens is 2. The highest BCUT2D eigenvalue weighted by Crippen LogP contribution is 2.43. The zero-order valence-electron chi connectivity index (χ0n) is 10.4. The molecule has 3 nitrogen and oxygen atoms in total. The molecule has 1 fully saturated rings. The summed E-state index contributed by atoms with van der Waals surface area (Å²) in [5.74, 6) is 1.30. The lowest BCUT2D eigenvalue weighted by Crippen LogP contribution is -2.06. The number of nitrogens with one attached hydrogen (secondary N) is 1. The summed E-state index contributed by atoms with van der Waals surface area (Å²) < 4.78 is 0. The zero-order chi connectivity index (χ0) is 13.4. The highest BCUT2D eigenvalue weighted by atomic mass is 35.5. The molecule has 0 saturated heterocycles. The van der Waals surface area contributed by atoms with Crippen molar-refractivity contribution < 1.29 is 0 Å². The van der Waals surface area contributed by atoms with E-state index >= 15 is 0 Å². The molecule has 2 atom stereocenters. The number of benzene rings is 1. The van der Waals surface area contributed by atoms with E-state index < -0.39 is 0 Å². The van der Waals surface area contributed by atoms with Crippen molar-refractivity contribution in [2.45, 2.75) is 25.3 Å². The van der Waals surface area contributed by atoms with Crippen LogP contribution in [0.4, 0.5) is 5.82 Å². The first-order chi connectivity index (χ1) is 9.13. The number of anilines is 1. The highest BCUT2D eigenvalue weighted by Gasteiger charge is 2.38. The van der Waals surface area contributed by atoms with E-state index in [2.05, 4.69) is 15.3 Å². The Bertz CT molecular complexity index is 615. The van der Waals surface area contributed by atoms with Crippen LogP contribution in [-0.2, 0) is 0 Å². The molecule has 1 saturated carbocycles. The lowest BCUT2D eigenvalue weighted by molar-refractivity contribution is 1.01. The molecule has 1 aromatic carbocycles. The van der Waals surface area contributed by atoms with Crippen LogP contribution in [0, 0.1) is 6.92 Å². The summed E-state index contributed by atoms with van der Waals surface area (Å²) in [6.45, 7) is 1.93. The van der Waals surface area contributed by atoms with E-state index in [0.29, 0.717) is 22.0 Å². The minimum absolute atomic E-state index is 0.397. The van der Waals surface area contributed by atoms with Crippen molar-refractivity contribution in [3.05, 3.63) is 51.9 Å².